The summed E-state index contributed by atoms with van der Waals surface area (Å²) in [5, 5.41) is 3.28. The summed E-state index contributed by atoms with van der Waals surface area (Å²) >= 11 is 0. The summed E-state index contributed by atoms with van der Waals surface area (Å²) < 4.78 is 10.6. The van der Waals surface area contributed by atoms with Crippen LogP contribution >= 0.6 is 0 Å². The van der Waals surface area contributed by atoms with Crippen molar-refractivity contribution in [2.75, 3.05) is 26.9 Å². The number of nitrogens with one attached hydrogen (secondary N) is 1. The van der Waals surface area contributed by atoms with Crippen LogP contribution in [0, 0.1) is 0 Å². The number of likely N-dealkylation sites (N-methyl/N-ethyl adjacent to an activating group) is 1. The van der Waals surface area contributed by atoms with Gasteiger partial charge in [0.2, 0.25) is 0 Å². The highest BCUT2D eigenvalue weighted by Crippen LogP contribution is 2.20. The molecule has 1 rings (SSSR count). The Hall–Kier alpha value is -0.120. The van der Waals surface area contributed by atoms with Gasteiger partial charge in [-0.25, -0.2) is 0 Å². The van der Waals surface area contributed by atoms with Crippen molar-refractivity contribution in [3.8, 4) is 0 Å². The largest absolute Gasteiger partial charge is 0.379 e. The van der Waals surface area contributed by atoms with Gasteiger partial charge in [0.1, 0.15) is 0 Å². The second-order valence-corrected chi connectivity index (χ2v) is 3.69. The number of rotatable bonds is 5. The molecule has 1 heterocycles. The molecule has 0 amide bonds. The van der Waals surface area contributed by atoms with E-state index in [1.165, 1.54) is 0 Å². The lowest BCUT2D eigenvalue weighted by molar-refractivity contribution is -0.0871. The van der Waals surface area contributed by atoms with Crippen LogP contribution in [-0.4, -0.2) is 38.5 Å². The molecule has 0 atom stereocenters. The maximum Gasteiger partial charge on any atom is 0.0673 e. The highest BCUT2D eigenvalue weighted by Gasteiger charge is 2.36. The van der Waals surface area contributed by atoms with E-state index in [0.717, 1.165) is 26.2 Å². The van der Waals surface area contributed by atoms with Crippen LogP contribution in [0.15, 0.2) is 0 Å². The first-order chi connectivity index (χ1) is 5.68. The maximum atomic E-state index is 5.48. The summed E-state index contributed by atoms with van der Waals surface area (Å²) in [4.78, 5) is 0. The minimum atomic E-state index is 0.203. The van der Waals surface area contributed by atoms with E-state index in [1.54, 1.807) is 0 Å². The Morgan fingerprint density at radius 3 is 2.50 bits per heavy atom. The smallest absolute Gasteiger partial charge is 0.0673 e. The molecule has 1 N–H and O–H groups in total. The van der Waals surface area contributed by atoms with Gasteiger partial charge in [-0.1, -0.05) is 0 Å². The third-order valence-corrected chi connectivity index (χ3v) is 2.32. The average molecular weight is 173 g/mol. The Labute approximate surface area is 74.4 Å². The van der Waals surface area contributed by atoms with Gasteiger partial charge in [-0.15, -0.1) is 0 Å². The average Bonchev–Trinajstić information content (AvgIpc) is 1.94. The molecule has 3 nitrogen and oxygen atoms in total. The predicted molar refractivity (Wildman–Crippen MR) is 48.3 cm³/mol. The fourth-order valence-corrected chi connectivity index (χ4v) is 1.25. The Morgan fingerprint density at radius 1 is 1.50 bits per heavy atom. The molecular weight excluding hydrogens is 154 g/mol. The lowest BCUT2D eigenvalue weighted by Crippen LogP contribution is -2.59. The zero-order chi connectivity index (χ0) is 9.03. The lowest BCUT2D eigenvalue weighted by atomic mass is 9.94. The molecule has 1 aliphatic rings. The molecule has 0 unspecified atom stereocenters. The number of ether oxygens (including phenoxy) is 2. The number of hydrogen-bond acceptors (Lipinski definition) is 3. The van der Waals surface area contributed by atoms with E-state index in [2.05, 4.69) is 19.2 Å². The molecule has 1 fully saturated rings. The molecule has 0 aromatic heterocycles. The maximum absolute atomic E-state index is 5.48. The minimum absolute atomic E-state index is 0.203. The standard InChI is InChI=1S/C9H19NO2/c1-8(2)12-5-4-9(10-3)6-11-7-9/h8,10H,4-7H2,1-3H3. The Balaban J connectivity index is 2.12. The molecule has 1 saturated heterocycles. The normalized spacial score (nSPS) is 21.0. The van der Waals surface area contributed by atoms with Crippen LogP contribution in [0.25, 0.3) is 0 Å². The Kier molecular flexibility index (Phi) is 3.50. The third kappa shape index (κ3) is 2.44. The fourth-order valence-electron chi connectivity index (χ4n) is 1.25. The van der Waals surface area contributed by atoms with E-state index in [0.29, 0.717) is 6.10 Å². The zero-order valence-electron chi connectivity index (χ0n) is 8.22. The molecule has 12 heavy (non-hydrogen) atoms. The van der Waals surface area contributed by atoms with Crippen molar-refractivity contribution < 1.29 is 9.47 Å². The van der Waals surface area contributed by atoms with Gasteiger partial charge in [0.05, 0.1) is 24.9 Å². The van der Waals surface area contributed by atoms with Crippen molar-refractivity contribution in [2.24, 2.45) is 0 Å². The van der Waals surface area contributed by atoms with Crippen molar-refractivity contribution >= 4 is 0 Å². The summed E-state index contributed by atoms with van der Waals surface area (Å²) in [5.74, 6) is 0. The van der Waals surface area contributed by atoms with Gasteiger partial charge < -0.3 is 14.8 Å². The van der Waals surface area contributed by atoms with Crippen molar-refractivity contribution in [2.45, 2.75) is 31.9 Å². The third-order valence-electron chi connectivity index (χ3n) is 2.32. The van der Waals surface area contributed by atoms with Crippen molar-refractivity contribution in [3.05, 3.63) is 0 Å². The summed E-state index contributed by atoms with van der Waals surface area (Å²) in [5.41, 5.74) is 0.203. The van der Waals surface area contributed by atoms with Crippen LogP contribution in [0.4, 0.5) is 0 Å². The molecule has 1 aliphatic heterocycles. The van der Waals surface area contributed by atoms with Crippen molar-refractivity contribution in [3.63, 3.8) is 0 Å². The first-order valence-electron chi connectivity index (χ1n) is 4.57. The zero-order valence-corrected chi connectivity index (χ0v) is 8.22. The van der Waals surface area contributed by atoms with E-state index in [-0.39, 0.29) is 5.54 Å². The summed E-state index contributed by atoms with van der Waals surface area (Å²) in [6, 6.07) is 0. The summed E-state index contributed by atoms with van der Waals surface area (Å²) in [6.45, 7) is 6.59. The van der Waals surface area contributed by atoms with Crippen molar-refractivity contribution in [1.82, 2.24) is 5.32 Å². The molecule has 0 aliphatic carbocycles. The van der Waals surface area contributed by atoms with Gasteiger partial charge in [0.15, 0.2) is 0 Å². The van der Waals surface area contributed by atoms with Gasteiger partial charge in [-0.05, 0) is 27.3 Å². The molecule has 0 aromatic rings. The monoisotopic (exact) mass is 173 g/mol. The van der Waals surface area contributed by atoms with Gasteiger partial charge in [-0.2, -0.15) is 0 Å². The molecule has 3 heteroatoms. The molecule has 0 radical (unpaired) electrons. The first-order valence-corrected chi connectivity index (χ1v) is 4.57. The van der Waals surface area contributed by atoms with Crippen LogP contribution in [0.3, 0.4) is 0 Å². The molecule has 0 spiro atoms. The topological polar surface area (TPSA) is 30.5 Å². The highest BCUT2D eigenvalue weighted by atomic mass is 16.5. The van der Waals surface area contributed by atoms with Gasteiger partial charge in [0.25, 0.3) is 0 Å². The summed E-state index contributed by atoms with van der Waals surface area (Å²) in [7, 11) is 1.98. The second kappa shape index (κ2) is 4.21. The lowest BCUT2D eigenvalue weighted by Gasteiger charge is -2.41. The van der Waals surface area contributed by atoms with Crippen LogP contribution < -0.4 is 5.32 Å². The second-order valence-electron chi connectivity index (χ2n) is 3.69. The minimum Gasteiger partial charge on any atom is -0.379 e. The van der Waals surface area contributed by atoms with Crippen LogP contribution in [0.2, 0.25) is 0 Å². The Bertz CT molecular complexity index is 127. The predicted octanol–water partition coefficient (Wildman–Crippen LogP) is 0.790. The molecule has 0 saturated carbocycles. The molecule has 0 bridgehead atoms. The Morgan fingerprint density at radius 2 is 2.17 bits per heavy atom. The first kappa shape index (κ1) is 9.96. The van der Waals surface area contributed by atoms with Gasteiger partial charge in [0, 0.05) is 6.61 Å². The van der Waals surface area contributed by atoms with E-state index in [9.17, 15) is 0 Å². The van der Waals surface area contributed by atoms with Gasteiger partial charge in [-0.3, -0.25) is 0 Å². The SMILES string of the molecule is CNC1(CCOC(C)C)COC1. The van der Waals surface area contributed by atoms with Crippen molar-refractivity contribution in [1.29, 1.82) is 0 Å². The molecular formula is C9H19NO2. The fraction of sp³-hybridized carbons (Fsp3) is 1.00. The van der Waals surface area contributed by atoms with Crippen LogP contribution in [0.1, 0.15) is 20.3 Å². The molecule has 0 aromatic carbocycles. The molecule has 72 valence electrons. The number of hydrogen-bond donors (Lipinski definition) is 1. The van der Waals surface area contributed by atoms with Crippen LogP contribution in [0.5, 0.6) is 0 Å². The van der Waals surface area contributed by atoms with E-state index >= 15 is 0 Å². The quantitative estimate of drug-likeness (QED) is 0.666. The van der Waals surface area contributed by atoms with E-state index in [4.69, 9.17) is 9.47 Å². The van der Waals surface area contributed by atoms with Gasteiger partial charge >= 0.3 is 0 Å². The van der Waals surface area contributed by atoms with E-state index < -0.39 is 0 Å². The summed E-state index contributed by atoms with van der Waals surface area (Å²) in [6.07, 6.45) is 1.38. The van der Waals surface area contributed by atoms with Crippen LogP contribution in [-0.2, 0) is 9.47 Å². The highest BCUT2D eigenvalue weighted by molar-refractivity contribution is 4.92. The van der Waals surface area contributed by atoms with E-state index in [1.807, 2.05) is 7.05 Å².